The van der Waals surface area contributed by atoms with E-state index in [2.05, 4.69) is 5.32 Å². The lowest BCUT2D eigenvalue weighted by Crippen LogP contribution is -2.13. The number of fused-ring (bicyclic) bond motifs is 1. The molecule has 2 aromatic carbocycles. The quantitative estimate of drug-likeness (QED) is 0.690. The molecule has 1 aliphatic rings. The van der Waals surface area contributed by atoms with Crippen LogP contribution in [-0.2, 0) is 0 Å². The van der Waals surface area contributed by atoms with Crippen LogP contribution < -0.4 is 10.1 Å². The zero-order valence-electron chi connectivity index (χ0n) is 10.4. The van der Waals surface area contributed by atoms with Crippen LogP contribution in [0.3, 0.4) is 0 Å². The van der Waals surface area contributed by atoms with Crippen LogP contribution in [0.15, 0.2) is 42.5 Å². The van der Waals surface area contributed by atoms with Crippen LogP contribution in [0.2, 0.25) is 5.02 Å². The molecular weight excluding hydrogens is 280 g/mol. The lowest BCUT2D eigenvalue weighted by Gasteiger charge is -2.13. The lowest BCUT2D eigenvalue weighted by atomic mass is 10.1. The highest BCUT2D eigenvalue weighted by molar-refractivity contribution is 6.33. The van der Waals surface area contributed by atoms with Gasteiger partial charge in [0.25, 0.3) is 0 Å². The Morgan fingerprint density at radius 2 is 2.05 bits per heavy atom. The SMILES string of the molecule is O=[N+]([O-])c1c(Cl)cccc1NC1COc2ccccc21. The summed E-state index contributed by atoms with van der Waals surface area (Å²) in [6.45, 7) is 0.434. The zero-order chi connectivity index (χ0) is 14.1. The van der Waals surface area contributed by atoms with Gasteiger partial charge in [-0.05, 0) is 18.2 Å². The second-order valence-electron chi connectivity index (χ2n) is 4.44. The van der Waals surface area contributed by atoms with Crippen LogP contribution in [0.25, 0.3) is 0 Å². The Kier molecular flexibility index (Phi) is 3.20. The average Bonchev–Trinajstić information content (AvgIpc) is 2.82. The summed E-state index contributed by atoms with van der Waals surface area (Å²) in [7, 11) is 0. The van der Waals surface area contributed by atoms with E-state index < -0.39 is 4.92 Å². The van der Waals surface area contributed by atoms with E-state index in [-0.39, 0.29) is 16.8 Å². The summed E-state index contributed by atoms with van der Waals surface area (Å²) in [5.74, 6) is 0.801. The number of anilines is 1. The zero-order valence-corrected chi connectivity index (χ0v) is 11.1. The van der Waals surface area contributed by atoms with Crippen molar-refractivity contribution in [3.8, 4) is 5.75 Å². The molecule has 1 N–H and O–H groups in total. The van der Waals surface area contributed by atoms with E-state index in [1.165, 1.54) is 6.07 Å². The van der Waals surface area contributed by atoms with Crippen molar-refractivity contribution in [1.29, 1.82) is 0 Å². The normalized spacial score (nSPS) is 16.4. The first-order valence-electron chi connectivity index (χ1n) is 6.08. The predicted molar refractivity (Wildman–Crippen MR) is 76.4 cm³/mol. The van der Waals surface area contributed by atoms with Crippen LogP contribution in [0, 0.1) is 10.1 Å². The van der Waals surface area contributed by atoms with Gasteiger partial charge in [0.2, 0.25) is 0 Å². The third kappa shape index (κ3) is 2.16. The van der Waals surface area contributed by atoms with Crippen molar-refractivity contribution in [1.82, 2.24) is 0 Å². The number of halogens is 1. The molecule has 0 spiro atoms. The van der Waals surface area contributed by atoms with Gasteiger partial charge < -0.3 is 10.1 Å². The molecule has 0 radical (unpaired) electrons. The van der Waals surface area contributed by atoms with Gasteiger partial charge in [-0.2, -0.15) is 0 Å². The maximum atomic E-state index is 11.1. The molecular formula is C14H11ClN2O3. The molecule has 20 heavy (non-hydrogen) atoms. The van der Waals surface area contributed by atoms with E-state index in [4.69, 9.17) is 16.3 Å². The molecule has 0 saturated carbocycles. The van der Waals surface area contributed by atoms with E-state index in [0.717, 1.165) is 11.3 Å². The molecule has 102 valence electrons. The highest BCUT2D eigenvalue weighted by Gasteiger charge is 2.27. The van der Waals surface area contributed by atoms with Crippen molar-refractivity contribution in [2.75, 3.05) is 11.9 Å². The molecule has 1 aliphatic heterocycles. The Morgan fingerprint density at radius 1 is 1.25 bits per heavy atom. The molecule has 3 rings (SSSR count). The molecule has 5 nitrogen and oxygen atoms in total. The topological polar surface area (TPSA) is 64.4 Å². The fraction of sp³-hybridized carbons (Fsp3) is 0.143. The van der Waals surface area contributed by atoms with Gasteiger partial charge in [-0.15, -0.1) is 0 Å². The second kappa shape index (κ2) is 5.02. The molecule has 0 fully saturated rings. The van der Waals surface area contributed by atoms with E-state index >= 15 is 0 Å². The fourth-order valence-electron chi connectivity index (χ4n) is 2.29. The lowest BCUT2D eigenvalue weighted by molar-refractivity contribution is -0.383. The van der Waals surface area contributed by atoms with Gasteiger partial charge >= 0.3 is 5.69 Å². The number of nitrogens with zero attached hydrogens (tertiary/aromatic N) is 1. The Labute approximate surface area is 120 Å². The summed E-state index contributed by atoms with van der Waals surface area (Å²) < 4.78 is 5.55. The Balaban J connectivity index is 1.94. The van der Waals surface area contributed by atoms with Crippen LogP contribution in [-0.4, -0.2) is 11.5 Å². The largest absolute Gasteiger partial charge is 0.491 e. The summed E-state index contributed by atoms with van der Waals surface area (Å²) in [6.07, 6.45) is 0. The van der Waals surface area contributed by atoms with E-state index in [0.29, 0.717) is 12.3 Å². The molecule has 1 unspecified atom stereocenters. The molecule has 1 atom stereocenters. The summed E-state index contributed by atoms with van der Waals surface area (Å²) in [6, 6.07) is 12.3. The number of nitrogens with one attached hydrogen (secondary N) is 1. The first-order valence-corrected chi connectivity index (χ1v) is 6.46. The number of benzene rings is 2. The van der Waals surface area contributed by atoms with Crippen molar-refractivity contribution in [2.45, 2.75) is 6.04 Å². The molecule has 2 aromatic rings. The highest BCUT2D eigenvalue weighted by atomic mass is 35.5. The predicted octanol–water partition coefficient (Wildman–Crippen LogP) is 3.79. The highest BCUT2D eigenvalue weighted by Crippen LogP contribution is 2.38. The number of hydrogen-bond donors (Lipinski definition) is 1. The van der Waals surface area contributed by atoms with E-state index in [1.54, 1.807) is 12.1 Å². The monoisotopic (exact) mass is 290 g/mol. The first kappa shape index (κ1) is 12.7. The summed E-state index contributed by atoms with van der Waals surface area (Å²) in [4.78, 5) is 10.6. The van der Waals surface area contributed by atoms with Crippen LogP contribution in [0.5, 0.6) is 5.75 Å². The minimum atomic E-state index is -0.480. The number of nitro groups is 1. The fourth-order valence-corrected chi connectivity index (χ4v) is 2.53. The van der Waals surface area contributed by atoms with Crippen molar-refractivity contribution in [3.63, 3.8) is 0 Å². The Bertz CT molecular complexity index is 675. The van der Waals surface area contributed by atoms with Crippen molar-refractivity contribution in [3.05, 3.63) is 63.2 Å². The van der Waals surface area contributed by atoms with E-state index in [9.17, 15) is 10.1 Å². The van der Waals surface area contributed by atoms with Crippen molar-refractivity contribution in [2.24, 2.45) is 0 Å². The number of ether oxygens (including phenoxy) is 1. The molecule has 0 bridgehead atoms. The summed E-state index contributed by atoms with van der Waals surface area (Å²) in [5.41, 5.74) is 1.27. The maximum absolute atomic E-state index is 11.1. The minimum absolute atomic E-state index is 0.112. The van der Waals surface area contributed by atoms with Gasteiger partial charge in [0.15, 0.2) is 0 Å². The van der Waals surface area contributed by atoms with Gasteiger partial charge in [-0.3, -0.25) is 10.1 Å². The number of rotatable bonds is 3. The summed E-state index contributed by atoms with van der Waals surface area (Å²) >= 11 is 5.90. The molecule has 0 saturated heterocycles. The van der Waals surface area contributed by atoms with Gasteiger partial charge in [0.05, 0.1) is 11.0 Å². The van der Waals surface area contributed by atoms with E-state index in [1.807, 2.05) is 24.3 Å². The van der Waals surface area contributed by atoms with Gasteiger partial charge in [-0.1, -0.05) is 35.9 Å². The summed E-state index contributed by atoms with van der Waals surface area (Å²) in [5, 5.41) is 14.4. The third-order valence-electron chi connectivity index (χ3n) is 3.20. The van der Waals surface area contributed by atoms with Crippen LogP contribution in [0.4, 0.5) is 11.4 Å². The Morgan fingerprint density at radius 3 is 2.85 bits per heavy atom. The van der Waals surface area contributed by atoms with Gasteiger partial charge in [-0.25, -0.2) is 0 Å². The third-order valence-corrected chi connectivity index (χ3v) is 3.50. The van der Waals surface area contributed by atoms with Crippen molar-refractivity contribution >= 4 is 23.0 Å². The number of nitro benzene ring substituents is 1. The Hall–Kier alpha value is -2.27. The van der Waals surface area contributed by atoms with Gasteiger partial charge in [0, 0.05) is 5.56 Å². The molecule has 0 aromatic heterocycles. The molecule has 0 aliphatic carbocycles. The smallest absolute Gasteiger partial charge is 0.310 e. The molecule has 6 heteroatoms. The van der Waals surface area contributed by atoms with Crippen LogP contribution in [0.1, 0.15) is 11.6 Å². The average molecular weight is 291 g/mol. The standard InChI is InChI=1S/C14H11ClN2O3/c15-10-5-3-6-11(14(10)17(18)19)16-12-8-20-13-7-2-1-4-9(12)13/h1-7,12,16H,8H2. The maximum Gasteiger partial charge on any atom is 0.310 e. The van der Waals surface area contributed by atoms with Crippen LogP contribution >= 0.6 is 11.6 Å². The number of para-hydroxylation sites is 2. The molecule has 0 amide bonds. The minimum Gasteiger partial charge on any atom is -0.491 e. The number of hydrogen-bond acceptors (Lipinski definition) is 4. The second-order valence-corrected chi connectivity index (χ2v) is 4.85. The van der Waals surface area contributed by atoms with Gasteiger partial charge in [0.1, 0.15) is 23.1 Å². The molecule has 1 heterocycles. The first-order chi connectivity index (χ1) is 9.66. The van der Waals surface area contributed by atoms with Crippen molar-refractivity contribution < 1.29 is 9.66 Å².